The largest absolute Gasteiger partial charge is 0.335 e. The van der Waals surface area contributed by atoms with Crippen LogP contribution in [0.25, 0.3) is 22.4 Å². The quantitative estimate of drug-likeness (QED) is 0.507. The second-order valence-corrected chi connectivity index (χ2v) is 6.92. The summed E-state index contributed by atoms with van der Waals surface area (Å²) < 4.78 is 33.5. The number of fused-ring (bicyclic) bond motifs is 1. The minimum absolute atomic E-state index is 0.00997. The van der Waals surface area contributed by atoms with Crippen LogP contribution in [0.4, 0.5) is 14.5 Å². The van der Waals surface area contributed by atoms with Crippen molar-refractivity contribution >= 4 is 22.7 Å². The van der Waals surface area contributed by atoms with E-state index in [-0.39, 0.29) is 41.2 Å². The number of aromatic nitrogens is 3. The summed E-state index contributed by atoms with van der Waals surface area (Å²) in [7, 11) is 0. The third-order valence-corrected chi connectivity index (χ3v) is 4.85. The predicted molar refractivity (Wildman–Crippen MR) is 110 cm³/mol. The van der Waals surface area contributed by atoms with Gasteiger partial charge in [0.1, 0.15) is 29.0 Å². The molecular weight excluding hydrogens is 406 g/mol. The summed E-state index contributed by atoms with van der Waals surface area (Å²) in [6.45, 7) is 2.05. The minimum Gasteiger partial charge on any atom is -0.335 e. The molecule has 2 aromatic carbocycles. The van der Waals surface area contributed by atoms with Gasteiger partial charge < -0.3 is 9.84 Å². The molecule has 7 nitrogen and oxygen atoms in total. The molecule has 4 rings (SSSR count). The van der Waals surface area contributed by atoms with Crippen molar-refractivity contribution in [2.24, 2.45) is 0 Å². The number of nitrogens with zero attached hydrogens (tertiary/aromatic N) is 3. The molecule has 0 bridgehead atoms. The molecule has 0 unspecified atom stereocenters. The number of hydrogen-bond acceptors (Lipinski definition) is 5. The van der Waals surface area contributed by atoms with E-state index in [0.29, 0.717) is 0 Å². The molecule has 0 spiro atoms. The Bertz CT molecular complexity index is 1310. The molecule has 9 heteroatoms. The number of benzene rings is 2. The number of carbonyl (C=O) groups excluding carboxylic acids is 1. The second kappa shape index (κ2) is 8.47. The molecule has 0 fully saturated rings. The van der Waals surface area contributed by atoms with Crippen molar-refractivity contribution in [1.29, 1.82) is 0 Å². The van der Waals surface area contributed by atoms with Gasteiger partial charge >= 0.3 is 0 Å². The lowest BCUT2D eigenvalue weighted by Gasteiger charge is -2.10. The minimum atomic E-state index is -0.806. The highest BCUT2D eigenvalue weighted by Gasteiger charge is 2.18. The Balaban J connectivity index is 1.58. The van der Waals surface area contributed by atoms with Gasteiger partial charge in [-0.25, -0.2) is 13.8 Å². The predicted octanol–water partition coefficient (Wildman–Crippen LogP) is 3.92. The van der Waals surface area contributed by atoms with E-state index in [9.17, 15) is 18.4 Å². The fourth-order valence-corrected chi connectivity index (χ4v) is 3.31. The van der Waals surface area contributed by atoms with Crippen molar-refractivity contribution in [2.75, 3.05) is 5.32 Å². The maximum Gasteiger partial charge on any atom is 0.266 e. The molecule has 2 heterocycles. The van der Waals surface area contributed by atoms with Gasteiger partial charge in [0.05, 0.1) is 0 Å². The standard InChI is InChI=1S/C22H18F2N4O3/c1-2-13-5-3-4-6-17(13)26-18(29)7-8-28-12-25-21-19(22(28)30)20(27-31-21)14-9-15(23)11-16(24)10-14/h3-6,9-12H,2,7-8H2,1H3,(H,26,29). The van der Waals surface area contributed by atoms with E-state index >= 15 is 0 Å². The molecule has 1 N–H and O–H groups in total. The van der Waals surface area contributed by atoms with E-state index in [4.69, 9.17) is 4.52 Å². The normalized spacial score (nSPS) is 11.1. The molecule has 0 atom stereocenters. The SMILES string of the molecule is CCc1ccccc1NC(=O)CCn1cnc2onc(-c3cc(F)cc(F)c3)c2c1=O. The fraction of sp³-hybridized carbons (Fsp3) is 0.182. The Hall–Kier alpha value is -3.88. The number of hydrogen-bond donors (Lipinski definition) is 1. The second-order valence-electron chi connectivity index (χ2n) is 6.92. The summed E-state index contributed by atoms with van der Waals surface area (Å²) >= 11 is 0. The lowest BCUT2D eigenvalue weighted by Crippen LogP contribution is -2.23. The lowest BCUT2D eigenvalue weighted by molar-refractivity contribution is -0.116. The van der Waals surface area contributed by atoms with E-state index in [0.717, 1.165) is 35.9 Å². The molecule has 0 saturated heterocycles. The van der Waals surface area contributed by atoms with Gasteiger partial charge in [0.2, 0.25) is 5.91 Å². The van der Waals surface area contributed by atoms with Crippen LogP contribution in [-0.2, 0) is 17.8 Å². The Labute approximate surface area is 175 Å². The highest BCUT2D eigenvalue weighted by atomic mass is 19.1. The average Bonchev–Trinajstić information content (AvgIpc) is 3.18. The third-order valence-electron chi connectivity index (χ3n) is 4.85. The number of rotatable bonds is 6. The average molecular weight is 424 g/mol. The van der Waals surface area contributed by atoms with Crippen LogP contribution in [0.1, 0.15) is 18.9 Å². The van der Waals surface area contributed by atoms with E-state index < -0.39 is 17.2 Å². The maximum absolute atomic E-state index is 13.6. The first-order valence-electron chi connectivity index (χ1n) is 9.65. The van der Waals surface area contributed by atoms with E-state index in [1.54, 1.807) is 0 Å². The van der Waals surface area contributed by atoms with Gasteiger partial charge in [-0.1, -0.05) is 30.3 Å². The van der Waals surface area contributed by atoms with E-state index in [1.165, 1.54) is 10.9 Å². The van der Waals surface area contributed by atoms with Crippen molar-refractivity contribution < 1.29 is 18.1 Å². The maximum atomic E-state index is 13.6. The van der Waals surface area contributed by atoms with Gasteiger partial charge in [0.15, 0.2) is 0 Å². The monoisotopic (exact) mass is 424 g/mol. The number of anilines is 1. The van der Waals surface area contributed by atoms with E-state index in [2.05, 4.69) is 15.5 Å². The summed E-state index contributed by atoms with van der Waals surface area (Å²) in [5, 5.41) is 6.59. The molecule has 4 aromatic rings. The van der Waals surface area contributed by atoms with Crippen molar-refractivity contribution in [2.45, 2.75) is 26.3 Å². The van der Waals surface area contributed by atoms with Crippen molar-refractivity contribution in [3.8, 4) is 11.3 Å². The number of halogens is 2. The van der Waals surface area contributed by atoms with Gasteiger partial charge in [0, 0.05) is 30.3 Å². The summed E-state index contributed by atoms with van der Waals surface area (Å²) in [5.41, 5.74) is 1.20. The van der Waals surface area contributed by atoms with E-state index in [1.807, 2.05) is 31.2 Å². The van der Waals surface area contributed by atoms with Crippen LogP contribution in [0, 0.1) is 11.6 Å². The molecule has 31 heavy (non-hydrogen) atoms. The van der Waals surface area contributed by atoms with Gasteiger partial charge in [-0.3, -0.25) is 14.2 Å². The zero-order chi connectivity index (χ0) is 22.0. The number of nitrogens with one attached hydrogen (secondary N) is 1. The number of para-hydroxylation sites is 1. The van der Waals surface area contributed by atoms with Crippen LogP contribution in [0.5, 0.6) is 0 Å². The van der Waals surface area contributed by atoms with Crippen molar-refractivity contribution in [1.82, 2.24) is 14.7 Å². The topological polar surface area (TPSA) is 90.0 Å². The third kappa shape index (κ3) is 4.20. The number of amides is 1. The molecule has 0 saturated carbocycles. The molecule has 0 aliphatic heterocycles. The smallest absolute Gasteiger partial charge is 0.266 e. The zero-order valence-electron chi connectivity index (χ0n) is 16.6. The summed E-state index contributed by atoms with van der Waals surface area (Å²) in [6.07, 6.45) is 2.05. The van der Waals surface area contributed by atoms with Gasteiger partial charge in [-0.2, -0.15) is 0 Å². The van der Waals surface area contributed by atoms with Crippen LogP contribution < -0.4 is 10.9 Å². The number of aryl methyl sites for hydroxylation is 2. The molecule has 1 amide bonds. The Morgan fingerprint density at radius 2 is 1.90 bits per heavy atom. The Kier molecular flexibility index (Phi) is 5.57. The fourth-order valence-electron chi connectivity index (χ4n) is 3.31. The molecular formula is C22H18F2N4O3. The number of carbonyl (C=O) groups is 1. The molecule has 2 aromatic heterocycles. The highest BCUT2D eigenvalue weighted by Crippen LogP contribution is 2.25. The van der Waals surface area contributed by atoms with Crippen LogP contribution in [0.15, 0.2) is 58.1 Å². The first kappa shape index (κ1) is 20.4. The zero-order valence-corrected chi connectivity index (χ0v) is 16.6. The molecule has 0 radical (unpaired) electrons. The summed E-state index contributed by atoms with van der Waals surface area (Å²) in [4.78, 5) is 29.3. The first-order valence-corrected chi connectivity index (χ1v) is 9.65. The van der Waals surface area contributed by atoms with Crippen molar-refractivity contribution in [3.63, 3.8) is 0 Å². The van der Waals surface area contributed by atoms with Crippen molar-refractivity contribution in [3.05, 3.63) is 76.3 Å². The highest BCUT2D eigenvalue weighted by molar-refractivity contribution is 5.91. The molecule has 158 valence electrons. The summed E-state index contributed by atoms with van der Waals surface area (Å²) in [6, 6.07) is 10.3. The van der Waals surface area contributed by atoms with Crippen LogP contribution in [0.2, 0.25) is 0 Å². The lowest BCUT2D eigenvalue weighted by atomic mass is 10.1. The molecule has 0 aliphatic rings. The van der Waals surface area contributed by atoms with Crippen LogP contribution >= 0.6 is 0 Å². The summed E-state index contributed by atoms with van der Waals surface area (Å²) in [5.74, 6) is -1.87. The van der Waals surface area contributed by atoms with Gasteiger partial charge in [-0.15, -0.1) is 0 Å². The first-order chi connectivity index (χ1) is 15.0. The Morgan fingerprint density at radius 3 is 2.65 bits per heavy atom. The Morgan fingerprint density at radius 1 is 1.16 bits per heavy atom. The van der Waals surface area contributed by atoms with Crippen LogP contribution in [-0.4, -0.2) is 20.6 Å². The van der Waals surface area contributed by atoms with Crippen LogP contribution in [0.3, 0.4) is 0 Å². The molecule has 0 aliphatic carbocycles. The van der Waals surface area contributed by atoms with Gasteiger partial charge in [-0.05, 0) is 30.2 Å². The van der Waals surface area contributed by atoms with Gasteiger partial charge in [0.25, 0.3) is 11.3 Å².